The zero-order valence-electron chi connectivity index (χ0n) is 14.6. The van der Waals surface area contributed by atoms with Gasteiger partial charge in [-0.2, -0.15) is 0 Å². The SMILES string of the molecule is Fc1cncnc1N1CCC2CCN(c3cnc4cc(Cl)ccc4n3)CC21. The second-order valence-corrected chi connectivity index (χ2v) is 7.54. The zero-order valence-corrected chi connectivity index (χ0v) is 15.3. The van der Waals surface area contributed by atoms with Crippen molar-refractivity contribution in [2.24, 2.45) is 5.92 Å². The standard InChI is InChI=1S/C19H18ClFN6/c20-13-1-2-15-16(7-13)23-9-18(25-15)26-5-3-12-4-6-27(17(12)10-26)19-14(21)8-22-11-24-19/h1-2,7-9,11-12,17H,3-6,10H2. The van der Waals surface area contributed by atoms with Gasteiger partial charge in [0.2, 0.25) is 0 Å². The van der Waals surface area contributed by atoms with Crippen molar-refractivity contribution >= 4 is 34.3 Å². The summed E-state index contributed by atoms with van der Waals surface area (Å²) in [5, 5.41) is 0.652. The highest BCUT2D eigenvalue weighted by Gasteiger charge is 2.40. The first kappa shape index (κ1) is 16.6. The van der Waals surface area contributed by atoms with Gasteiger partial charge in [0.25, 0.3) is 0 Å². The molecule has 2 aromatic heterocycles. The number of rotatable bonds is 2. The maximum absolute atomic E-state index is 14.2. The molecule has 27 heavy (non-hydrogen) atoms. The Hall–Kier alpha value is -2.54. The fraction of sp³-hybridized carbons (Fsp3) is 0.368. The molecule has 0 amide bonds. The van der Waals surface area contributed by atoms with Crippen LogP contribution < -0.4 is 9.80 Å². The zero-order chi connectivity index (χ0) is 18.4. The molecule has 2 atom stereocenters. The van der Waals surface area contributed by atoms with E-state index in [4.69, 9.17) is 16.6 Å². The van der Waals surface area contributed by atoms with Crippen molar-refractivity contribution in [3.05, 3.63) is 47.8 Å². The normalized spacial score (nSPS) is 22.3. The van der Waals surface area contributed by atoms with E-state index in [1.807, 2.05) is 18.2 Å². The lowest BCUT2D eigenvalue weighted by Crippen LogP contribution is -2.49. The van der Waals surface area contributed by atoms with Gasteiger partial charge in [0.05, 0.1) is 29.5 Å². The molecule has 3 aromatic rings. The number of nitrogens with zero attached hydrogens (tertiary/aromatic N) is 6. The van der Waals surface area contributed by atoms with E-state index in [2.05, 4.69) is 24.8 Å². The van der Waals surface area contributed by atoms with Gasteiger partial charge >= 0.3 is 0 Å². The Morgan fingerprint density at radius 3 is 2.85 bits per heavy atom. The summed E-state index contributed by atoms with van der Waals surface area (Å²) < 4.78 is 14.2. The highest BCUT2D eigenvalue weighted by molar-refractivity contribution is 6.31. The summed E-state index contributed by atoms with van der Waals surface area (Å²) in [5.41, 5.74) is 1.61. The van der Waals surface area contributed by atoms with Crippen molar-refractivity contribution < 1.29 is 4.39 Å². The Balaban J connectivity index is 1.43. The van der Waals surface area contributed by atoms with Crippen LogP contribution in [0.4, 0.5) is 16.0 Å². The van der Waals surface area contributed by atoms with E-state index >= 15 is 0 Å². The molecule has 0 N–H and O–H groups in total. The van der Waals surface area contributed by atoms with Gasteiger partial charge in [-0.15, -0.1) is 0 Å². The first-order chi connectivity index (χ1) is 13.2. The monoisotopic (exact) mass is 384 g/mol. The number of fused-ring (bicyclic) bond motifs is 2. The maximum Gasteiger partial charge on any atom is 0.183 e. The highest BCUT2D eigenvalue weighted by Crippen LogP contribution is 2.36. The van der Waals surface area contributed by atoms with E-state index in [0.717, 1.165) is 49.3 Å². The smallest absolute Gasteiger partial charge is 0.183 e. The van der Waals surface area contributed by atoms with Gasteiger partial charge in [0.15, 0.2) is 11.6 Å². The van der Waals surface area contributed by atoms with Gasteiger partial charge in [-0.3, -0.25) is 4.98 Å². The second kappa shape index (κ2) is 6.56. The van der Waals surface area contributed by atoms with Crippen molar-refractivity contribution in [3.63, 3.8) is 0 Å². The summed E-state index contributed by atoms with van der Waals surface area (Å²) in [6.07, 6.45) is 6.55. The third kappa shape index (κ3) is 2.96. The minimum atomic E-state index is -0.363. The Labute approximate surface area is 161 Å². The molecule has 0 radical (unpaired) electrons. The molecule has 5 rings (SSSR count). The predicted molar refractivity (Wildman–Crippen MR) is 103 cm³/mol. The molecule has 4 heterocycles. The summed E-state index contributed by atoms with van der Waals surface area (Å²) in [6, 6.07) is 5.74. The van der Waals surface area contributed by atoms with Crippen LogP contribution in [0, 0.1) is 11.7 Å². The molecule has 8 heteroatoms. The van der Waals surface area contributed by atoms with Gasteiger partial charge in [0.1, 0.15) is 12.1 Å². The average Bonchev–Trinajstić information content (AvgIpc) is 3.11. The third-order valence-corrected chi connectivity index (χ3v) is 5.83. The lowest BCUT2D eigenvalue weighted by Gasteiger charge is -2.39. The van der Waals surface area contributed by atoms with Crippen molar-refractivity contribution in [1.82, 2.24) is 19.9 Å². The number of piperidine rings is 1. The minimum absolute atomic E-state index is 0.214. The third-order valence-electron chi connectivity index (χ3n) is 5.60. The first-order valence-electron chi connectivity index (χ1n) is 9.08. The quantitative estimate of drug-likeness (QED) is 0.675. The molecule has 2 aliphatic heterocycles. The molecule has 0 saturated carbocycles. The Kier molecular flexibility index (Phi) is 4.04. The van der Waals surface area contributed by atoms with Crippen molar-refractivity contribution in [2.45, 2.75) is 18.9 Å². The largest absolute Gasteiger partial charge is 0.353 e. The summed E-state index contributed by atoms with van der Waals surface area (Å²) in [4.78, 5) is 21.5. The number of hydrogen-bond acceptors (Lipinski definition) is 6. The van der Waals surface area contributed by atoms with Crippen molar-refractivity contribution in [2.75, 3.05) is 29.4 Å². The molecule has 1 aromatic carbocycles. The molecule has 0 spiro atoms. The van der Waals surface area contributed by atoms with Crippen LogP contribution in [0.25, 0.3) is 11.0 Å². The second-order valence-electron chi connectivity index (χ2n) is 7.10. The van der Waals surface area contributed by atoms with Crippen LogP contribution in [-0.2, 0) is 0 Å². The number of hydrogen-bond donors (Lipinski definition) is 0. The van der Waals surface area contributed by atoms with Gasteiger partial charge in [0, 0.05) is 24.7 Å². The summed E-state index contributed by atoms with van der Waals surface area (Å²) in [5.74, 6) is 1.43. The lowest BCUT2D eigenvalue weighted by molar-refractivity contribution is 0.387. The fourth-order valence-corrected chi connectivity index (χ4v) is 4.42. The summed E-state index contributed by atoms with van der Waals surface area (Å²) in [7, 11) is 0. The van der Waals surface area contributed by atoms with Gasteiger partial charge in [-0.25, -0.2) is 19.3 Å². The van der Waals surface area contributed by atoms with E-state index in [0.29, 0.717) is 16.8 Å². The average molecular weight is 385 g/mol. The highest BCUT2D eigenvalue weighted by atomic mass is 35.5. The molecule has 2 saturated heterocycles. The number of aromatic nitrogens is 4. The summed E-state index contributed by atoms with van der Waals surface area (Å²) >= 11 is 6.03. The van der Waals surface area contributed by atoms with Gasteiger partial charge in [-0.05, 0) is 37.0 Å². The van der Waals surface area contributed by atoms with Crippen LogP contribution in [0.5, 0.6) is 0 Å². The van der Waals surface area contributed by atoms with Gasteiger partial charge < -0.3 is 9.80 Å². The summed E-state index contributed by atoms with van der Waals surface area (Å²) in [6.45, 7) is 2.52. The molecule has 2 aliphatic rings. The first-order valence-corrected chi connectivity index (χ1v) is 9.46. The molecular formula is C19H18ClFN6. The molecule has 6 nitrogen and oxygen atoms in total. The predicted octanol–water partition coefficient (Wildman–Crippen LogP) is 3.32. The van der Waals surface area contributed by atoms with E-state index in [1.54, 1.807) is 6.20 Å². The molecule has 138 valence electrons. The van der Waals surface area contributed by atoms with Crippen LogP contribution >= 0.6 is 11.6 Å². The van der Waals surface area contributed by atoms with Crippen LogP contribution in [0.3, 0.4) is 0 Å². The Bertz CT molecular complexity index is 999. The minimum Gasteiger partial charge on any atom is -0.353 e. The lowest BCUT2D eigenvalue weighted by atomic mass is 9.92. The number of benzene rings is 1. The Morgan fingerprint density at radius 2 is 1.96 bits per heavy atom. The topological polar surface area (TPSA) is 58.0 Å². The molecule has 2 fully saturated rings. The van der Waals surface area contributed by atoms with Crippen LogP contribution in [0.2, 0.25) is 5.02 Å². The number of anilines is 2. The molecular weight excluding hydrogens is 367 g/mol. The molecule has 2 unspecified atom stereocenters. The maximum atomic E-state index is 14.2. The van der Waals surface area contributed by atoms with E-state index in [1.165, 1.54) is 12.5 Å². The molecule has 0 bridgehead atoms. The Morgan fingerprint density at radius 1 is 1.07 bits per heavy atom. The van der Waals surface area contributed by atoms with E-state index in [9.17, 15) is 4.39 Å². The van der Waals surface area contributed by atoms with Gasteiger partial charge in [-0.1, -0.05) is 11.6 Å². The number of halogens is 2. The van der Waals surface area contributed by atoms with Crippen LogP contribution in [-0.4, -0.2) is 45.6 Å². The van der Waals surface area contributed by atoms with E-state index < -0.39 is 0 Å². The van der Waals surface area contributed by atoms with Crippen LogP contribution in [0.1, 0.15) is 12.8 Å². The molecule has 0 aliphatic carbocycles. The van der Waals surface area contributed by atoms with E-state index in [-0.39, 0.29) is 11.9 Å². The van der Waals surface area contributed by atoms with Crippen molar-refractivity contribution in [3.8, 4) is 0 Å². The fourth-order valence-electron chi connectivity index (χ4n) is 4.26. The van der Waals surface area contributed by atoms with Crippen molar-refractivity contribution in [1.29, 1.82) is 0 Å². The van der Waals surface area contributed by atoms with Crippen LogP contribution in [0.15, 0.2) is 36.9 Å².